The number of anilines is 5. The first-order valence-electron chi connectivity index (χ1n) is 12.0. The van der Waals surface area contributed by atoms with Gasteiger partial charge in [-0.05, 0) is 49.2 Å². The van der Waals surface area contributed by atoms with Crippen LogP contribution in [0.15, 0.2) is 71.6 Å². The highest BCUT2D eigenvalue weighted by atomic mass is 32.2. The summed E-state index contributed by atoms with van der Waals surface area (Å²) in [5.41, 5.74) is 2.85. The fraction of sp³-hybridized carbons (Fsp3) is 0.259. The Kier molecular flexibility index (Phi) is 6.86. The molecule has 0 bridgehead atoms. The molecule has 2 heterocycles. The molecule has 0 saturated carbocycles. The van der Waals surface area contributed by atoms with Crippen LogP contribution in [0.2, 0.25) is 0 Å². The molecule has 0 radical (unpaired) electrons. The molecule has 0 unspecified atom stereocenters. The molecule has 192 valence electrons. The Morgan fingerprint density at radius 1 is 0.946 bits per heavy atom. The molecular weight excluding hydrogens is 490 g/mol. The average Bonchev–Trinajstić information content (AvgIpc) is 2.89. The SMILES string of the molecule is COc1cc(N2CCC(O)CC2)ccc1Nc1nc(Nc2ccccc2S(C)(=O)=O)c2ccccc2n1. The van der Waals surface area contributed by atoms with Gasteiger partial charge < -0.3 is 25.4 Å². The lowest BCUT2D eigenvalue weighted by Gasteiger charge is -2.31. The van der Waals surface area contributed by atoms with Crippen molar-refractivity contribution in [2.24, 2.45) is 0 Å². The van der Waals surface area contributed by atoms with Crippen molar-refractivity contribution in [2.75, 3.05) is 42.0 Å². The van der Waals surface area contributed by atoms with Gasteiger partial charge in [-0.2, -0.15) is 4.98 Å². The molecular formula is C27H29N5O4S. The van der Waals surface area contributed by atoms with Gasteiger partial charge >= 0.3 is 0 Å². The number of fused-ring (bicyclic) bond motifs is 1. The van der Waals surface area contributed by atoms with E-state index in [1.807, 2.05) is 42.5 Å². The molecule has 9 nitrogen and oxygen atoms in total. The summed E-state index contributed by atoms with van der Waals surface area (Å²) in [7, 11) is -1.84. The number of aromatic nitrogens is 2. The minimum atomic E-state index is -3.45. The number of sulfone groups is 1. The molecule has 5 rings (SSSR count). The summed E-state index contributed by atoms with van der Waals surface area (Å²) in [5.74, 6) is 1.45. The van der Waals surface area contributed by atoms with Crippen LogP contribution in [-0.2, 0) is 9.84 Å². The molecule has 0 aliphatic carbocycles. The van der Waals surface area contributed by atoms with Crippen molar-refractivity contribution >= 4 is 49.6 Å². The third-order valence-corrected chi connectivity index (χ3v) is 7.56. The molecule has 37 heavy (non-hydrogen) atoms. The molecule has 0 atom stereocenters. The molecule has 10 heteroatoms. The summed E-state index contributed by atoms with van der Waals surface area (Å²) in [6.45, 7) is 1.57. The summed E-state index contributed by atoms with van der Waals surface area (Å²) in [6, 6.07) is 20.2. The van der Waals surface area contributed by atoms with Crippen LogP contribution < -0.4 is 20.3 Å². The lowest BCUT2D eigenvalue weighted by atomic mass is 10.1. The molecule has 3 N–H and O–H groups in total. The standard InChI is InChI=1S/C27H29N5O4S/c1-36-24-17-18(32-15-13-19(33)14-16-32)11-12-22(24)30-27-29-21-8-4-3-7-20(21)26(31-27)28-23-9-5-6-10-25(23)37(2,34)35/h3-12,17,19,33H,13-16H2,1-2H3,(H2,28,29,30,31). The van der Waals surface area contributed by atoms with E-state index < -0.39 is 9.84 Å². The summed E-state index contributed by atoms with van der Waals surface area (Å²) in [4.78, 5) is 11.8. The summed E-state index contributed by atoms with van der Waals surface area (Å²) in [5, 5.41) is 17.0. The van der Waals surface area contributed by atoms with Crippen molar-refractivity contribution in [3.05, 3.63) is 66.7 Å². The van der Waals surface area contributed by atoms with E-state index >= 15 is 0 Å². The number of para-hydroxylation sites is 2. The number of benzene rings is 3. The van der Waals surface area contributed by atoms with Crippen LogP contribution in [0.4, 0.5) is 28.8 Å². The fourth-order valence-corrected chi connectivity index (χ4v) is 5.32. The second kappa shape index (κ2) is 10.2. The van der Waals surface area contributed by atoms with Gasteiger partial charge in [0.15, 0.2) is 9.84 Å². The van der Waals surface area contributed by atoms with Gasteiger partial charge in [0, 0.05) is 36.5 Å². The van der Waals surface area contributed by atoms with E-state index in [-0.39, 0.29) is 11.0 Å². The maximum Gasteiger partial charge on any atom is 0.229 e. The number of aliphatic hydroxyl groups is 1. The van der Waals surface area contributed by atoms with E-state index in [1.54, 1.807) is 31.4 Å². The Labute approximate surface area is 216 Å². The zero-order valence-electron chi connectivity index (χ0n) is 20.7. The average molecular weight is 520 g/mol. The predicted octanol–water partition coefficient (Wildman–Crippen LogP) is 4.49. The first-order chi connectivity index (χ1) is 17.8. The fourth-order valence-electron chi connectivity index (χ4n) is 4.47. The highest BCUT2D eigenvalue weighted by Gasteiger charge is 2.19. The predicted molar refractivity (Wildman–Crippen MR) is 146 cm³/mol. The summed E-state index contributed by atoms with van der Waals surface area (Å²) >= 11 is 0. The highest BCUT2D eigenvalue weighted by molar-refractivity contribution is 7.90. The minimum absolute atomic E-state index is 0.190. The quantitative estimate of drug-likeness (QED) is 0.325. The van der Waals surface area contributed by atoms with Crippen molar-refractivity contribution in [1.82, 2.24) is 9.97 Å². The van der Waals surface area contributed by atoms with Crippen molar-refractivity contribution in [2.45, 2.75) is 23.8 Å². The Hall–Kier alpha value is -3.89. The smallest absolute Gasteiger partial charge is 0.229 e. The highest BCUT2D eigenvalue weighted by Crippen LogP contribution is 2.34. The van der Waals surface area contributed by atoms with Crippen molar-refractivity contribution in [3.63, 3.8) is 0 Å². The number of piperidine rings is 1. The van der Waals surface area contributed by atoms with E-state index in [9.17, 15) is 13.5 Å². The molecule has 1 aliphatic rings. The first kappa shape index (κ1) is 24.8. The zero-order valence-corrected chi connectivity index (χ0v) is 21.5. The lowest BCUT2D eigenvalue weighted by Crippen LogP contribution is -2.35. The molecule has 0 spiro atoms. The number of aliphatic hydroxyl groups excluding tert-OH is 1. The maximum atomic E-state index is 12.3. The number of hydrogen-bond acceptors (Lipinski definition) is 9. The van der Waals surface area contributed by atoms with Crippen LogP contribution in [-0.4, -0.2) is 56.1 Å². The third kappa shape index (κ3) is 5.45. The van der Waals surface area contributed by atoms with Gasteiger partial charge in [-0.15, -0.1) is 0 Å². The van der Waals surface area contributed by atoms with Gasteiger partial charge in [0.2, 0.25) is 5.95 Å². The van der Waals surface area contributed by atoms with E-state index in [4.69, 9.17) is 4.74 Å². The van der Waals surface area contributed by atoms with Crippen LogP contribution in [0.3, 0.4) is 0 Å². The number of ether oxygens (including phenoxy) is 1. The van der Waals surface area contributed by atoms with Gasteiger partial charge in [-0.1, -0.05) is 24.3 Å². The number of rotatable bonds is 7. The lowest BCUT2D eigenvalue weighted by molar-refractivity contribution is 0.145. The molecule has 1 fully saturated rings. The second-order valence-electron chi connectivity index (χ2n) is 9.03. The number of hydrogen-bond donors (Lipinski definition) is 3. The van der Waals surface area contributed by atoms with Crippen LogP contribution in [0, 0.1) is 0 Å². The number of methoxy groups -OCH3 is 1. The van der Waals surface area contributed by atoms with Crippen molar-refractivity contribution in [3.8, 4) is 5.75 Å². The Balaban J connectivity index is 1.49. The summed E-state index contributed by atoms with van der Waals surface area (Å²) in [6.07, 6.45) is 2.42. The molecule has 4 aromatic rings. The largest absolute Gasteiger partial charge is 0.494 e. The Bertz CT molecular complexity index is 1540. The van der Waals surface area contributed by atoms with Crippen LogP contribution >= 0.6 is 0 Å². The Morgan fingerprint density at radius 2 is 1.68 bits per heavy atom. The zero-order chi connectivity index (χ0) is 26.0. The monoisotopic (exact) mass is 519 g/mol. The van der Waals surface area contributed by atoms with Gasteiger partial charge in [0.25, 0.3) is 0 Å². The van der Waals surface area contributed by atoms with Gasteiger partial charge in [-0.3, -0.25) is 0 Å². The topological polar surface area (TPSA) is 117 Å². The molecule has 1 aromatic heterocycles. The van der Waals surface area contributed by atoms with E-state index in [0.717, 1.165) is 37.0 Å². The van der Waals surface area contributed by atoms with Crippen molar-refractivity contribution < 1.29 is 18.3 Å². The van der Waals surface area contributed by atoms with Gasteiger partial charge in [0.05, 0.1) is 35.0 Å². The first-order valence-corrected chi connectivity index (χ1v) is 13.9. The van der Waals surface area contributed by atoms with Crippen LogP contribution in [0.25, 0.3) is 10.9 Å². The Morgan fingerprint density at radius 3 is 2.43 bits per heavy atom. The molecule has 3 aromatic carbocycles. The normalized spacial score (nSPS) is 14.5. The van der Waals surface area contributed by atoms with E-state index in [2.05, 4.69) is 25.5 Å². The van der Waals surface area contributed by atoms with Crippen molar-refractivity contribution in [1.29, 1.82) is 0 Å². The number of nitrogens with one attached hydrogen (secondary N) is 2. The minimum Gasteiger partial charge on any atom is -0.494 e. The summed E-state index contributed by atoms with van der Waals surface area (Å²) < 4.78 is 30.3. The molecule has 1 saturated heterocycles. The van der Waals surface area contributed by atoms with Crippen LogP contribution in [0.1, 0.15) is 12.8 Å². The van der Waals surface area contributed by atoms with Gasteiger partial charge in [-0.25, -0.2) is 13.4 Å². The van der Waals surface area contributed by atoms with E-state index in [1.165, 1.54) is 6.26 Å². The number of nitrogens with zero attached hydrogens (tertiary/aromatic N) is 3. The van der Waals surface area contributed by atoms with Crippen LogP contribution in [0.5, 0.6) is 5.75 Å². The molecule has 1 aliphatic heterocycles. The molecule has 0 amide bonds. The van der Waals surface area contributed by atoms with E-state index in [0.29, 0.717) is 34.4 Å². The van der Waals surface area contributed by atoms with Gasteiger partial charge in [0.1, 0.15) is 11.6 Å². The third-order valence-electron chi connectivity index (χ3n) is 6.40. The second-order valence-corrected chi connectivity index (χ2v) is 11.0. The maximum absolute atomic E-state index is 12.3.